The third-order valence-electron chi connectivity index (χ3n) is 7.51. The predicted molar refractivity (Wildman–Crippen MR) is 136 cm³/mol. The maximum Gasteiger partial charge on any atom is 0.247 e. The van der Waals surface area contributed by atoms with Crippen molar-refractivity contribution in [2.45, 2.75) is 68.4 Å². The van der Waals surface area contributed by atoms with E-state index in [2.05, 4.69) is 20.1 Å². The van der Waals surface area contributed by atoms with Crippen molar-refractivity contribution in [1.29, 1.82) is 0 Å². The molecule has 0 aliphatic carbocycles. The summed E-state index contributed by atoms with van der Waals surface area (Å²) < 4.78 is -0.607. The van der Waals surface area contributed by atoms with E-state index in [1.807, 2.05) is 11.8 Å². The van der Waals surface area contributed by atoms with Gasteiger partial charge in [-0.1, -0.05) is 38.8 Å². The molecule has 3 fully saturated rings. The van der Waals surface area contributed by atoms with Gasteiger partial charge in [-0.3, -0.25) is 14.4 Å². The first-order chi connectivity index (χ1) is 16.4. The van der Waals surface area contributed by atoms with E-state index >= 15 is 0 Å². The van der Waals surface area contributed by atoms with Gasteiger partial charge in [0.1, 0.15) is 6.04 Å². The van der Waals surface area contributed by atoms with Crippen molar-refractivity contribution < 1.29 is 19.5 Å². The fourth-order valence-corrected chi connectivity index (χ4v) is 8.37. The van der Waals surface area contributed by atoms with Crippen molar-refractivity contribution in [2.75, 3.05) is 39.3 Å². The number of fused-ring (bicyclic) bond motifs is 1. The summed E-state index contributed by atoms with van der Waals surface area (Å²) in [7, 11) is 0. The van der Waals surface area contributed by atoms with Crippen LogP contribution in [0.25, 0.3) is 0 Å². The predicted octanol–water partition coefficient (Wildman–Crippen LogP) is 2.70. The summed E-state index contributed by atoms with van der Waals surface area (Å²) in [5, 5.41) is 9.81. The number of unbranched alkanes of at least 4 members (excludes halogenated alkanes) is 2. The standard InChI is InChI=1S/C26H41N3O4S/c1-5-9-10-16-28(15-8-4)25(33)22-26-12-11-19(34-26)20(21(26)24(32)29(22)17-18-30)23(31)27(13-6-2)14-7-3/h6,8,19-22,30H,2,4-5,7,9-18H2,1,3H3/t19-,20+,21+,22?,26?/m1/s1. The van der Waals surface area contributed by atoms with E-state index in [-0.39, 0.29) is 36.1 Å². The Morgan fingerprint density at radius 1 is 1.12 bits per heavy atom. The molecular formula is C26H41N3O4S. The van der Waals surface area contributed by atoms with Crippen molar-refractivity contribution in [1.82, 2.24) is 14.7 Å². The number of carbonyl (C=O) groups excluding carboxylic acids is 3. The van der Waals surface area contributed by atoms with Crippen LogP contribution in [0.4, 0.5) is 0 Å². The van der Waals surface area contributed by atoms with Gasteiger partial charge in [-0.05, 0) is 25.7 Å². The van der Waals surface area contributed by atoms with Gasteiger partial charge in [0.25, 0.3) is 0 Å². The molecule has 2 unspecified atom stereocenters. The highest BCUT2D eigenvalue weighted by molar-refractivity contribution is 8.02. The van der Waals surface area contributed by atoms with Crippen molar-refractivity contribution in [2.24, 2.45) is 11.8 Å². The number of nitrogens with zero attached hydrogens (tertiary/aromatic N) is 3. The highest BCUT2D eigenvalue weighted by Crippen LogP contribution is 2.66. The zero-order chi connectivity index (χ0) is 24.9. The van der Waals surface area contributed by atoms with Gasteiger partial charge < -0.3 is 19.8 Å². The molecule has 0 saturated carbocycles. The van der Waals surface area contributed by atoms with Crippen LogP contribution in [0.1, 0.15) is 52.4 Å². The van der Waals surface area contributed by atoms with Gasteiger partial charge in [0.2, 0.25) is 17.7 Å². The molecule has 3 aliphatic heterocycles. The number of hydrogen-bond acceptors (Lipinski definition) is 5. The first kappa shape index (κ1) is 26.8. The third kappa shape index (κ3) is 4.68. The molecule has 3 heterocycles. The van der Waals surface area contributed by atoms with Crippen LogP contribution in [0.3, 0.4) is 0 Å². The molecule has 0 aromatic heterocycles. The fourth-order valence-electron chi connectivity index (χ4n) is 6.16. The maximum atomic E-state index is 14.0. The molecule has 0 aromatic rings. The molecule has 1 N–H and O–H groups in total. The van der Waals surface area contributed by atoms with Crippen molar-refractivity contribution in [3.63, 3.8) is 0 Å². The minimum Gasteiger partial charge on any atom is -0.395 e. The first-order valence-electron chi connectivity index (χ1n) is 12.8. The highest BCUT2D eigenvalue weighted by atomic mass is 32.2. The third-order valence-corrected chi connectivity index (χ3v) is 9.46. The van der Waals surface area contributed by atoms with Crippen LogP contribution in [0.5, 0.6) is 0 Å². The van der Waals surface area contributed by atoms with Gasteiger partial charge >= 0.3 is 0 Å². The number of hydrogen-bond donors (Lipinski definition) is 1. The van der Waals surface area contributed by atoms with E-state index in [1.54, 1.807) is 33.7 Å². The lowest BCUT2D eigenvalue weighted by Gasteiger charge is -2.37. The number of thioether (sulfide) groups is 1. The van der Waals surface area contributed by atoms with E-state index in [1.165, 1.54) is 0 Å². The van der Waals surface area contributed by atoms with E-state index in [4.69, 9.17) is 0 Å². The number of amides is 3. The number of likely N-dealkylation sites (tertiary alicyclic amines) is 1. The summed E-state index contributed by atoms with van der Waals surface area (Å²) >= 11 is 1.68. The van der Waals surface area contributed by atoms with Gasteiger partial charge in [0.15, 0.2) is 0 Å². The minimum absolute atomic E-state index is 0.00196. The molecule has 3 aliphatic rings. The second-order valence-electron chi connectivity index (χ2n) is 9.66. The second kappa shape index (κ2) is 11.8. The number of carbonyl (C=O) groups is 3. The quantitative estimate of drug-likeness (QED) is 0.299. The topological polar surface area (TPSA) is 81.2 Å². The normalized spacial score (nSPS) is 29.3. The molecule has 3 amide bonds. The smallest absolute Gasteiger partial charge is 0.247 e. The minimum atomic E-state index is -0.648. The van der Waals surface area contributed by atoms with Crippen LogP contribution >= 0.6 is 11.8 Å². The zero-order valence-corrected chi connectivity index (χ0v) is 21.6. The second-order valence-corrected chi connectivity index (χ2v) is 11.3. The summed E-state index contributed by atoms with van der Waals surface area (Å²) in [6, 6.07) is -0.648. The summed E-state index contributed by atoms with van der Waals surface area (Å²) in [6.07, 6.45) is 8.85. The summed E-state index contributed by atoms with van der Waals surface area (Å²) in [5.74, 6) is -1.16. The van der Waals surface area contributed by atoms with Gasteiger partial charge in [0, 0.05) is 38.0 Å². The molecule has 0 radical (unpaired) electrons. The van der Waals surface area contributed by atoms with Gasteiger partial charge in [-0.15, -0.1) is 24.9 Å². The summed E-state index contributed by atoms with van der Waals surface area (Å²) in [4.78, 5) is 46.7. The molecule has 2 bridgehead atoms. The van der Waals surface area contributed by atoms with Crippen molar-refractivity contribution in [3.8, 4) is 0 Å². The lowest BCUT2D eigenvalue weighted by molar-refractivity contribution is -0.145. The van der Waals surface area contributed by atoms with E-state index in [0.29, 0.717) is 26.2 Å². The zero-order valence-electron chi connectivity index (χ0n) is 20.8. The fraction of sp³-hybridized carbons (Fsp3) is 0.731. The lowest BCUT2D eigenvalue weighted by Crippen LogP contribution is -2.55. The molecule has 0 aromatic carbocycles. The van der Waals surface area contributed by atoms with Crippen LogP contribution in [-0.4, -0.2) is 92.9 Å². The average molecular weight is 492 g/mol. The first-order valence-corrected chi connectivity index (χ1v) is 13.7. The molecule has 34 heavy (non-hydrogen) atoms. The molecule has 190 valence electrons. The maximum absolute atomic E-state index is 14.0. The molecule has 7 nitrogen and oxygen atoms in total. The van der Waals surface area contributed by atoms with Crippen LogP contribution in [0, 0.1) is 11.8 Å². The Hall–Kier alpha value is -1.80. The monoisotopic (exact) mass is 491 g/mol. The largest absolute Gasteiger partial charge is 0.395 e. The van der Waals surface area contributed by atoms with Gasteiger partial charge in [-0.2, -0.15) is 0 Å². The molecule has 8 heteroatoms. The van der Waals surface area contributed by atoms with Crippen LogP contribution in [-0.2, 0) is 14.4 Å². The number of aliphatic hydroxyl groups is 1. The number of β-amino-alcohol motifs (C(OH)–C–C–N with tert-alkyl or cyclic N) is 1. The Labute approximate surface area is 208 Å². The van der Waals surface area contributed by atoms with Crippen LogP contribution < -0.4 is 0 Å². The van der Waals surface area contributed by atoms with Crippen molar-refractivity contribution in [3.05, 3.63) is 25.3 Å². The highest BCUT2D eigenvalue weighted by Gasteiger charge is 2.73. The molecule has 3 rings (SSSR count). The Morgan fingerprint density at radius 3 is 2.38 bits per heavy atom. The van der Waals surface area contributed by atoms with Gasteiger partial charge in [-0.25, -0.2) is 0 Å². The molecule has 5 atom stereocenters. The van der Waals surface area contributed by atoms with Gasteiger partial charge in [0.05, 0.1) is 23.2 Å². The molecule has 3 saturated heterocycles. The summed E-state index contributed by atoms with van der Waals surface area (Å²) in [5.41, 5.74) is 0. The number of aliphatic hydroxyl groups excluding tert-OH is 1. The van der Waals surface area contributed by atoms with Crippen LogP contribution in [0.15, 0.2) is 25.3 Å². The SMILES string of the molecule is C=CCN(CCCCC)C(=O)C1N(CCO)C(=O)[C@@H]2[C@@H](C(=O)N(CC=C)CCC)[C@H]3CCC12S3. The Balaban J connectivity index is 1.96. The molecular weight excluding hydrogens is 450 g/mol. The Bertz CT molecular complexity index is 790. The van der Waals surface area contributed by atoms with Crippen molar-refractivity contribution >= 4 is 29.5 Å². The van der Waals surface area contributed by atoms with E-state index in [0.717, 1.165) is 38.5 Å². The van der Waals surface area contributed by atoms with Crippen LogP contribution in [0.2, 0.25) is 0 Å². The van der Waals surface area contributed by atoms with E-state index in [9.17, 15) is 19.5 Å². The molecule has 1 spiro atoms. The average Bonchev–Trinajstić information content (AvgIpc) is 3.46. The lowest BCUT2D eigenvalue weighted by atomic mass is 9.70. The number of rotatable bonds is 14. The van der Waals surface area contributed by atoms with E-state index < -0.39 is 22.6 Å². The summed E-state index contributed by atoms with van der Waals surface area (Å²) in [6.45, 7) is 13.8. The Kier molecular flexibility index (Phi) is 9.27. The Morgan fingerprint density at radius 2 is 1.79 bits per heavy atom.